The lowest BCUT2D eigenvalue weighted by atomic mass is 9.78. The molecular formula is C27H39BN2O4. The van der Waals surface area contributed by atoms with E-state index in [9.17, 15) is 4.79 Å². The van der Waals surface area contributed by atoms with E-state index in [0.29, 0.717) is 5.92 Å². The maximum absolute atomic E-state index is 13.3. The Morgan fingerprint density at radius 2 is 1.79 bits per heavy atom. The third-order valence-corrected chi connectivity index (χ3v) is 8.35. The third-order valence-electron chi connectivity index (χ3n) is 8.35. The lowest BCUT2D eigenvalue weighted by Crippen LogP contribution is -2.48. The minimum atomic E-state index is -0.507. The highest BCUT2D eigenvalue weighted by atomic mass is 16.7. The van der Waals surface area contributed by atoms with Gasteiger partial charge in [-0.25, -0.2) is 4.79 Å². The summed E-state index contributed by atoms with van der Waals surface area (Å²) in [5.41, 5.74) is 2.99. The average Bonchev–Trinajstić information content (AvgIpc) is 3.37. The monoisotopic (exact) mass is 466 g/mol. The smallest absolute Gasteiger partial charge is 0.444 e. The summed E-state index contributed by atoms with van der Waals surface area (Å²) in [4.78, 5) is 20.4. The van der Waals surface area contributed by atoms with Gasteiger partial charge in [0.05, 0.1) is 22.9 Å². The molecule has 1 aromatic rings. The molecule has 0 N–H and O–H groups in total. The normalized spacial score (nSPS) is 29.6. The molecule has 0 radical (unpaired) electrons. The second-order valence-corrected chi connectivity index (χ2v) is 12.5. The van der Waals surface area contributed by atoms with Gasteiger partial charge >= 0.3 is 13.2 Å². The van der Waals surface area contributed by atoms with Gasteiger partial charge in [-0.3, -0.25) is 9.89 Å². The van der Waals surface area contributed by atoms with Crippen LogP contribution < -0.4 is 5.46 Å². The van der Waals surface area contributed by atoms with Gasteiger partial charge in [0.2, 0.25) is 0 Å². The van der Waals surface area contributed by atoms with E-state index >= 15 is 0 Å². The van der Waals surface area contributed by atoms with Gasteiger partial charge in [-0.05, 0) is 90.7 Å². The first-order chi connectivity index (χ1) is 15.8. The number of hydrogen-bond acceptors (Lipinski definition) is 5. The summed E-state index contributed by atoms with van der Waals surface area (Å²) in [5.74, 6) is 0.540. The Morgan fingerprint density at radius 3 is 2.47 bits per heavy atom. The molecule has 7 heteroatoms. The van der Waals surface area contributed by atoms with Crippen LogP contribution in [0.1, 0.15) is 86.1 Å². The summed E-state index contributed by atoms with van der Waals surface area (Å²) >= 11 is 0. The number of amides is 1. The van der Waals surface area contributed by atoms with E-state index in [1.54, 1.807) is 0 Å². The molecule has 184 valence electrons. The van der Waals surface area contributed by atoms with Gasteiger partial charge in [-0.1, -0.05) is 25.0 Å². The van der Waals surface area contributed by atoms with Crippen molar-refractivity contribution >= 4 is 30.1 Å². The van der Waals surface area contributed by atoms with Crippen LogP contribution in [0, 0.1) is 5.92 Å². The Kier molecular flexibility index (Phi) is 5.68. The number of carbonyl (C=O) groups is 1. The Morgan fingerprint density at radius 1 is 1.12 bits per heavy atom. The van der Waals surface area contributed by atoms with Crippen LogP contribution in [0.3, 0.4) is 0 Å². The highest BCUT2D eigenvalue weighted by Gasteiger charge is 2.52. The maximum Gasteiger partial charge on any atom is 0.494 e. The molecule has 0 unspecified atom stereocenters. The van der Waals surface area contributed by atoms with Crippen LogP contribution in [0.4, 0.5) is 10.5 Å². The second-order valence-electron chi connectivity index (χ2n) is 12.5. The Labute approximate surface area is 204 Å². The minimum absolute atomic E-state index is 0.00986. The van der Waals surface area contributed by atoms with Gasteiger partial charge in [0.1, 0.15) is 5.60 Å². The van der Waals surface area contributed by atoms with Gasteiger partial charge in [0, 0.05) is 18.2 Å². The van der Waals surface area contributed by atoms with Gasteiger partial charge in [-0.15, -0.1) is 0 Å². The molecule has 34 heavy (non-hydrogen) atoms. The number of nitrogens with zero attached hydrogens (tertiary/aromatic N) is 2. The van der Waals surface area contributed by atoms with Crippen LogP contribution in [0.5, 0.6) is 0 Å². The number of carbonyl (C=O) groups excluding carboxylic acids is 1. The molecule has 1 aliphatic carbocycles. The zero-order valence-electron chi connectivity index (χ0n) is 21.8. The zero-order valence-corrected chi connectivity index (χ0v) is 21.8. The van der Waals surface area contributed by atoms with E-state index < -0.39 is 12.7 Å². The highest BCUT2D eigenvalue weighted by Crippen LogP contribution is 2.43. The minimum Gasteiger partial charge on any atom is -0.444 e. The van der Waals surface area contributed by atoms with Crippen molar-refractivity contribution < 1.29 is 18.8 Å². The molecule has 1 amide bonds. The SMILES string of the molecule is CC(C)(C)OC(=O)N1[C@H](C2=Nc3cc(B4OC(C)(C)C(C)(C)O4)ccc3C2)C[C@@H]2CCCC[C@@H]21. The summed E-state index contributed by atoms with van der Waals surface area (Å²) < 4.78 is 18.4. The first-order valence-corrected chi connectivity index (χ1v) is 12.9. The molecule has 0 bridgehead atoms. The standard InChI is InChI=1S/C27H39BN2O4/c1-25(2,3)32-24(31)30-22-11-9-8-10-18(22)15-23(30)21-14-17-12-13-19(16-20(17)29-21)28-33-26(4,5)27(6,7)34-28/h12-13,16,18,22-23H,8-11,14-15H2,1-7H3/t18-,22-,23-/m0/s1. The van der Waals surface area contributed by atoms with Gasteiger partial charge in [0.15, 0.2) is 0 Å². The molecule has 1 saturated carbocycles. The fourth-order valence-electron chi connectivity index (χ4n) is 5.88. The Hall–Kier alpha value is -1.86. The predicted octanol–water partition coefficient (Wildman–Crippen LogP) is 5.18. The number of ether oxygens (including phenoxy) is 1. The molecule has 4 aliphatic rings. The van der Waals surface area contributed by atoms with Gasteiger partial charge in [-0.2, -0.15) is 0 Å². The number of likely N-dealkylation sites (tertiary alicyclic amines) is 1. The number of aliphatic imine (C=N–C) groups is 1. The topological polar surface area (TPSA) is 60.4 Å². The molecule has 3 heterocycles. The molecule has 6 nitrogen and oxygen atoms in total. The Balaban J connectivity index is 1.41. The average molecular weight is 466 g/mol. The molecule has 3 fully saturated rings. The summed E-state index contributed by atoms with van der Waals surface area (Å²) in [6, 6.07) is 6.62. The van der Waals surface area contributed by atoms with Gasteiger partial charge in [0.25, 0.3) is 0 Å². The van der Waals surface area contributed by atoms with Crippen LogP contribution >= 0.6 is 0 Å². The first-order valence-electron chi connectivity index (χ1n) is 12.9. The van der Waals surface area contributed by atoms with Crippen molar-refractivity contribution in [3.63, 3.8) is 0 Å². The maximum atomic E-state index is 13.3. The third kappa shape index (κ3) is 4.19. The lowest BCUT2D eigenvalue weighted by Gasteiger charge is -2.35. The summed E-state index contributed by atoms with van der Waals surface area (Å²) in [5, 5.41) is 0. The van der Waals surface area contributed by atoms with E-state index in [4.69, 9.17) is 19.0 Å². The van der Waals surface area contributed by atoms with E-state index in [2.05, 4.69) is 45.9 Å². The molecule has 3 atom stereocenters. The van der Waals surface area contributed by atoms with Crippen molar-refractivity contribution in [1.82, 2.24) is 4.90 Å². The molecule has 1 aromatic carbocycles. The fourth-order valence-corrected chi connectivity index (χ4v) is 5.88. The zero-order chi connectivity index (χ0) is 24.5. The summed E-state index contributed by atoms with van der Waals surface area (Å²) in [7, 11) is -0.401. The lowest BCUT2D eigenvalue weighted by molar-refractivity contribution is 0.00578. The van der Waals surface area contributed by atoms with Crippen molar-refractivity contribution in [2.45, 2.75) is 116 Å². The molecule has 5 rings (SSSR count). The van der Waals surface area contributed by atoms with Crippen LogP contribution in [0.15, 0.2) is 23.2 Å². The van der Waals surface area contributed by atoms with E-state index in [1.165, 1.54) is 24.8 Å². The molecule has 0 aromatic heterocycles. The number of benzene rings is 1. The molecule has 0 spiro atoms. The van der Waals surface area contributed by atoms with Crippen molar-refractivity contribution in [2.24, 2.45) is 10.9 Å². The summed E-state index contributed by atoms with van der Waals surface area (Å²) in [6.45, 7) is 14.1. The van der Waals surface area contributed by atoms with E-state index in [0.717, 1.165) is 36.1 Å². The Bertz CT molecular complexity index is 996. The number of hydrogen-bond donors (Lipinski definition) is 0. The van der Waals surface area contributed by atoms with Crippen molar-refractivity contribution in [3.8, 4) is 0 Å². The summed E-state index contributed by atoms with van der Waals surface area (Å²) in [6.07, 6.45) is 6.25. The molecule has 2 saturated heterocycles. The molecular weight excluding hydrogens is 427 g/mol. The van der Waals surface area contributed by atoms with Crippen molar-refractivity contribution in [2.75, 3.05) is 0 Å². The first kappa shape index (κ1) is 23.9. The van der Waals surface area contributed by atoms with E-state index in [-0.39, 0.29) is 29.4 Å². The number of rotatable bonds is 2. The van der Waals surface area contributed by atoms with Crippen LogP contribution in [0.25, 0.3) is 0 Å². The quantitative estimate of drug-likeness (QED) is 0.564. The van der Waals surface area contributed by atoms with Crippen LogP contribution in [-0.4, -0.2) is 52.7 Å². The predicted molar refractivity (Wildman–Crippen MR) is 135 cm³/mol. The molecule has 3 aliphatic heterocycles. The largest absolute Gasteiger partial charge is 0.494 e. The van der Waals surface area contributed by atoms with Crippen molar-refractivity contribution in [3.05, 3.63) is 23.8 Å². The van der Waals surface area contributed by atoms with Crippen LogP contribution in [-0.2, 0) is 20.5 Å². The number of fused-ring (bicyclic) bond motifs is 2. The van der Waals surface area contributed by atoms with E-state index in [1.807, 2.05) is 25.7 Å². The second kappa shape index (κ2) is 8.09. The van der Waals surface area contributed by atoms with Crippen molar-refractivity contribution in [1.29, 1.82) is 0 Å². The fraction of sp³-hybridized carbons (Fsp3) is 0.704. The van der Waals surface area contributed by atoms with Gasteiger partial charge < -0.3 is 14.0 Å². The van der Waals surface area contributed by atoms with Crippen LogP contribution in [0.2, 0.25) is 0 Å². The highest BCUT2D eigenvalue weighted by molar-refractivity contribution is 6.62.